The highest BCUT2D eigenvalue weighted by Crippen LogP contribution is 2.55. The van der Waals surface area contributed by atoms with E-state index in [1.807, 2.05) is 18.2 Å². The van der Waals surface area contributed by atoms with Gasteiger partial charge in [-0.3, -0.25) is 4.79 Å². The summed E-state index contributed by atoms with van der Waals surface area (Å²) >= 11 is 0. The molecule has 2 aromatic rings. The number of amides is 1. The number of nitrogens with zero attached hydrogens (tertiary/aromatic N) is 3. The van der Waals surface area contributed by atoms with Crippen LogP contribution >= 0.6 is 0 Å². The van der Waals surface area contributed by atoms with Crippen LogP contribution in [0.2, 0.25) is 0 Å². The molecule has 1 amide bonds. The zero-order valence-electron chi connectivity index (χ0n) is 21.5. The minimum atomic E-state index is -3.26. The van der Waals surface area contributed by atoms with Crippen molar-refractivity contribution >= 4 is 27.2 Å². The number of pyridine rings is 1. The number of carbonyl (C=O) groups is 1. The summed E-state index contributed by atoms with van der Waals surface area (Å²) < 4.78 is 24.0. The first-order valence-corrected chi connectivity index (χ1v) is 15.3. The molecule has 0 spiro atoms. The number of aliphatic hydroxyl groups is 1. The summed E-state index contributed by atoms with van der Waals surface area (Å²) in [6.07, 6.45) is 5.96. The number of rotatable bonds is 5. The molecule has 9 heteroatoms. The first kappa shape index (κ1) is 24.7. The van der Waals surface area contributed by atoms with Crippen LogP contribution in [0.4, 0.5) is 11.5 Å². The first-order valence-electron chi connectivity index (χ1n) is 13.4. The van der Waals surface area contributed by atoms with E-state index in [9.17, 15) is 18.3 Å². The van der Waals surface area contributed by atoms with E-state index in [2.05, 4.69) is 22.0 Å². The van der Waals surface area contributed by atoms with Crippen molar-refractivity contribution in [3.8, 4) is 0 Å². The van der Waals surface area contributed by atoms with Crippen LogP contribution in [0.25, 0.3) is 0 Å². The molecule has 4 saturated carbocycles. The van der Waals surface area contributed by atoms with E-state index < -0.39 is 15.4 Å². The Hall–Kier alpha value is -2.65. The molecule has 4 bridgehead atoms. The summed E-state index contributed by atoms with van der Waals surface area (Å²) in [6, 6.07) is 13.0. The maximum absolute atomic E-state index is 13.3. The third kappa shape index (κ3) is 4.72. The molecule has 0 radical (unpaired) electrons. The summed E-state index contributed by atoms with van der Waals surface area (Å²) in [5.74, 6) is 1.97. The lowest BCUT2D eigenvalue weighted by Gasteiger charge is -2.58. The summed E-state index contributed by atoms with van der Waals surface area (Å²) in [5.41, 5.74) is 0.816. The van der Waals surface area contributed by atoms with Gasteiger partial charge in [-0.2, -0.15) is 0 Å². The zero-order chi connectivity index (χ0) is 25.9. The molecule has 2 unspecified atom stereocenters. The van der Waals surface area contributed by atoms with Crippen molar-refractivity contribution in [2.24, 2.45) is 17.8 Å². The van der Waals surface area contributed by atoms with Crippen LogP contribution in [0.3, 0.4) is 0 Å². The molecule has 5 aliphatic rings. The Balaban J connectivity index is 1.13. The average Bonchev–Trinajstić information content (AvgIpc) is 2.85. The predicted molar refractivity (Wildman–Crippen MR) is 143 cm³/mol. The second-order valence-corrected chi connectivity index (χ2v) is 13.8. The molecule has 1 aromatic carbocycles. The van der Waals surface area contributed by atoms with Gasteiger partial charge < -0.3 is 20.2 Å². The number of benzene rings is 1. The van der Waals surface area contributed by atoms with Gasteiger partial charge in [0, 0.05) is 43.7 Å². The van der Waals surface area contributed by atoms with Gasteiger partial charge in [-0.15, -0.1) is 0 Å². The number of nitrogens with one attached hydrogen (secondary N) is 1. The maximum Gasteiger partial charge on any atom is 0.270 e. The van der Waals surface area contributed by atoms with Crippen molar-refractivity contribution in [1.29, 1.82) is 0 Å². The van der Waals surface area contributed by atoms with Crippen LogP contribution in [-0.4, -0.2) is 68.0 Å². The number of carbonyl (C=O) groups excluding carboxylic acids is 1. The van der Waals surface area contributed by atoms with Gasteiger partial charge in [0.05, 0.1) is 10.5 Å². The van der Waals surface area contributed by atoms with Crippen molar-refractivity contribution in [3.63, 3.8) is 0 Å². The first-order chi connectivity index (χ1) is 17.6. The van der Waals surface area contributed by atoms with E-state index in [0.29, 0.717) is 28.3 Å². The van der Waals surface area contributed by atoms with Gasteiger partial charge in [-0.05, 0) is 87.1 Å². The highest BCUT2D eigenvalue weighted by atomic mass is 32.2. The lowest BCUT2D eigenvalue weighted by molar-refractivity contribution is -0.136. The summed E-state index contributed by atoms with van der Waals surface area (Å²) in [4.78, 5) is 22.8. The molecule has 4 aliphatic carbocycles. The lowest BCUT2D eigenvalue weighted by Crippen LogP contribution is -2.61. The van der Waals surface area contributed by atoms with Crippen LogP contribution < -0.4 is 15.1 Å². The highest BCUT2D eigenvalue weighted by Gasteiger charge is 2.55. The second kappa shape index (κ2) is 8.98. The van der Waals surface area contributed by atoms with E-state index >= 15 is 0 Å². The molecule has 1 aliphatic heterocycles. The smallest absolute Gasteiger partial charge is 0.270 e. The van der Waals surface area contributed by atoms with Crippen LogP contribution in [0, 0.1) is 17.8 Å². The monoisotopic (exact) mass is 524 g/mol. The van der Waals surface area contributed by atoms with Gasteiger partial charge >= 0.3 is 0 Å². The molecular weight excluding hydrogens is 488 g/mol. The SMILES string of the molecule is C[C@@H]1CN(c2cccc(S(C)(=O)=O)c2)CCN1c1cccc(C(=O)NC2C3CC4CC2CC(O)(C4)C3)n1. The molecule has 1 aromatic heterocycles. The number of aromatic nitrogens is 1. The van der Waals surface area contributed by atoms with Crippen molar-refractivity contribution in [2.45, 2.75) is 61.6 Å². The summed E-state index contributed by atoms with van der Waals surface area (Å²) in [7, 11) is -3.26. The third-order valence-electron chi connectivity index (χ3n) is 9.04. The average molecular weight is 525 g/mol. The van der Waals surface area contributed by atoms with Crippen molar-refractivity contribution in [1.82, 2.24) is 10.3 Å². The van der Waals surface area contributed by atoms with Crippen LogP contribution in [0.15, 0.2) is 47.4 Å². The van der Waals surface area contributed by atoms with Crippen LogP contribution in [-0.2, 0) is 9.84 Å². The Morgan fingerprint density at radius 3 is 2.49 bits per heavy atom. The normalized spacial score (nSPS) is 33.0. The fourth-order valence-electron chi connectivity index (χ4n) is 7.60. The molecule has 2 N–H and O–H groups in total. The van der Waals surface area contributed by atoms with Crippen molar-refractivity contribution in [2.75, 3.05) is 35.7 Å². The van der Waals surface area contributed by atoms with Gasteiger partial charge in [-0.25, -0.2) is 13.4 Å². The fourth-order valence-corrected chi connectivity index (χ4v) is 8.26. The lowest BCUT2D eigenvalue weighted by atomic mass is 9.52. The van der Waals surface area contributed by atoms with Gasteiger partial charge in [0.1, 0.15) is 11.5 Å². The van der Waals surface area contributed by atoms with Crippen molar-refractivity contribution in [3.05, 3.63) is 48.2 Å². The van der Waals surface area contributed by atoms with Crippen LogP contribution in [0.5, 0.6) is 0 Å². The van der Waals surface area contributed by atoms with Gasteiger partial charge in [0.25, 0.3) is 5.91 Å². The summed E-state index contributed by atoms with van der Waals surface area (Å²) in [5, 5.41) is 14.2. The van der Waals surface area contributed by atoms with E-state index in [4.69, 9.17) is 4.98 Å². The molecule has 198 valence electrons. The molecule has 1 saturated heterocycles. The maximum atomic E-state index is 13.3. The van der Waals surface area contributed by atoms with Gasteiger partial charge in [-0.1, -0.05) is 12.1 Å². The number of sulfone groups is 1. The van der Waals surface area contributed by atoms with Crippen molar-refractivity contribution < 1.29 is 18.3 Å². The number of hydrogen-bond acceptors (Lipinski definition) is 7. The Morgan fingerprint density at radius 1 is 1.08 bits per heavy atom. The number of hydrogen-bond donors (Lipinski definition) is 2. The molecule has 7 rings (SSSR count). The fraction of sp³-hybridized carbons (Fsp3) is 0.571. The number of piperazine rings is 1. The second-order valence-electron chi connectivity index (χ2n) is 11.8. The minimum Gasteiger partial charge on any atom is -0.390 e. The quantitative estimate of drug-likeness (QED) is 0.620. The van der Waals surface area contributed by atoms with E-state index in [-0.39, 0.29) is 18.0 Å². The Kier molecular flexibility index (Phi) is 5.99. The van der Waals surface area contributed by atoms with E-state index in [1.165, 1.54) is 6.26 Å². The molecule has 2 heterocycles. The van der Waals surface area contributed by atoms with Gasteiger partial charge in [0.2, 0.25) is 0 Å². The summed E-state index contributed by atoms with van der Waals surface area (Å²) in [6.45, 7) is 4.29. The Bertz CT molecular complexity index is 1300. The standard InChI is InChI=1S/C28H36N4O4S/c1-18-17-31(22-5-3-6-23(13-22)37(2,35)36)9-10-32(18)25-8-4-7-24(29-25)27(33)30-26-20-11-19-12-21(26)16-28(34,14-19)15-20/h3-8,13,18-21,26,34H,9-12,14-17H2,1-2H3,(H,30,33)/t18-,19?,20?,21?,26?,28?/m1/s1. The zero-order valence-corrected chi connectivity index (χ0v) is 22.3. The van der Waals surface area contributed by atoms with Crippen LogP contribution in [0.1, 0.15) is 49.5 Å². The minimum absolute atomic E-state index is 0.125. The molecule has 5 fully saturated rings. The Morgan fingerprint density at radius 2 is 1.81 bits per heavy atom. The molecule has 3 atom stereocenters. The Labute approximate surface area is 219 Å². The molecule has 8 nitrogen and oxygen atoms in total. The topological polar surface area (TPSA) is 103 Å². The number of anilines is 2. The largest absolute Gasteiger partial charge is 0.390 e. The van der Waals surface area contributed by atoms with Gasteiger partial charge in [0.15, 0.2) is 9.84 Å². The van der Waals surface area contributed by atoms with E-state index in [0.717, 1.165) is 63.2 Å². The third-order valence-corrected chi connectivity index (χ3v) is 10.1. The van der Waals surface area contributed by atoms with E-state index in [1.54, 1.807) is 24.3 Å². The molecule has 37 heavy (non-hydrogen) atoms. The predicted octanol–water partition coefficient (Wildman–Crippen LogP) is 2.87. The molecular formula is C28H36N4O4S. The highest BCUT2D eigenvalue weighted by molar-refractivity contribution is 7.90.